The molecule has 0 spiro atoms. The van der Waals surface area contributed by atoms with E-state index < -0.39 is 54.4 Å². The first-order valence-corrected chi connectivity index (χ1v) is 17.0. The molecular weight excluding hydrogens is 604 g/mol. The molecule has 2 aliphatic carbocycles. The number of imide groups is 2. The van der Waals surface area contributed by atoms with Crippen LogP contribution in [-0.4, -0.2) is 61.1 Å². The summed E-state index contributed by atoms with van der Waals surface area (Å²) in [5.41, 5.74) is -0.418. The van der Waals surface area contributed by atoms with Gasteiger partial charge in [0.1, 0.15) is 11.5 Å². The van der Waals surface area contributed by atoms with Crippen molar-refractivity contribution in [3.63, 3.8) is 0 Å². The third-order valence-corrected chi connectivity index (χ3v) is 11.4. The van der Waals surface area contributed by atoms with Gasteiger partial charge in [-0.15, -0.1) is 18.7 Å². The van der Waals surface area contributed by atoms with E-state index in [1.54, 1.807) is 0 Å². The van der Waals surface area contributed by atoms with Gasteiger partial charge in [0.2, 0.25) is 0 Å². The lowest BCUT2D eigenvalue weighted by Gasteiger charge is -2.22. The molecule has 2 saturated carbocycles. The van der Waals surface area contributed by atoms with E-state index in [1.807, 2.05) is 0 Å². The van der Waals surface area contributed by atoms with Crippen molar-refractivity contribution >= 4 is 43.9 Å². The zero-order chi connectivity index (χ0) is 30.5. The summed E-state index contributed by atoms with van der Waals surface area (Å²) in [5.74, 6) is -3.63. The summed E-state index contributed by atoms with van der Waals surface area (Å²) in [6.07, 6.45) is 6.21. The fraction of sp³-hybridized carbons (Fsp3) is 0.429. The Labute approximate surface area is 247 Å². The van der Waals surface area contributed by atoms with E-state index in [0.29, 0.717) is 51.4 Å². The molecule has 2 aromatic carbocycles. The van der Waals surface area contributed by atoms with E-state index in [9.17, 15) is 36.0 Å². The summed E-state index contributed by atoms with van der Waals surface area (Å²) in [6.45, 7) is 0. The molecule has 43 heavy (non-hydrogen) atoms. The van der Waals surface area contributed by atoms with Gasteiger partial charge in [0.25, 0.3) is 43.9 Å². The van der Waals surface area contributed by atoms with Crippen LogP contribution in [0.3, 0.4) is 0 Å². The van der Waals surface area contributed by atoms with Crippen LogP contribution >= 0.6 is 0 Å². The van der Waals surface area contributed by atoms with Gasteiger partial charge in [-0.2, -0.15) is 16.8 Å². The largest absolute Gasteiger partial charge is 0.457 e. The van der Waals surface area contributed by atoms with E-state index in [-0.39, 0.29) is 43.9 Å². The molecule has 6 rings (SSSR count). The summed E-state index contributed by atoms with van der Waals surface area (Å²) in [5, 5.41) is -1.11. The highest BCUT2D eigenvalue weighted by molar-refractivity contribution is 7.87. The summed E-state index contributed by atoms with van der Waals surface area (Å²) in [4.78, 5) is 51.6. The van der Waals surface area contributed by atoms with Crippen molar-refractivity contribution in [2.45, 2.75) is 74.7 Å². The van der Waals surface area contributed by atoms with Crippen LogP contribution in [0.4, 0.5) is 0 Å². The molecule has 2 fully saturated rings. The molecule has 0 unspecified atom stereocenters. The van der Waals surface area contributed by atoms with Crippen LogP contribution in [0.5, 0.6) is 11.5 Å². The number of carbonyl (C=O) groups excluding carboxylic acids is 4. The monoisotopic (exact) mass is 632 g/mol. The summed E-state index contributed by atoms with van der Waals surface area (Å²) < 4.78 is 66.7. The first-order valence-electron chi connectivity index (χ1n) is 14.1. The Kier molecular flexibility index (Phi) is 7.61. The Balaban J connectivity index is 1.17. The molecule has 0 saturated heterocycles. The van der Waals surface area contributed by atoms with E-state index >= 15 is 0 Å². The highest BCUT2D eigenvalue weighted by atomic mass is 32.2. The molecule has 0 N–H and O–H groups in total. The van der Waals surface area contributed by atoms with Crippen molar-refractivity contribution in [1.29, 1.82) is 0 Å². The normalized spacial score (nSPS) is 20.1. The second-order valence-electron chi connectivity index (χ2n) is 11.0. The quantitative estimate of drug-likeness (QED) is 0.387. The molecule has 0 bridgehead atoms. The highest BCUT2D eigenvalue weighted by Crippen LogP contribution is 2.35. The van der Waals surface area contributed by atoms with Gasteiger partial charge < -0.3 is 4.74 Å². The van der Waals surface area contributed by atoms with Gasteiger partial charge in [-0.1, -0.05) is 38.5 Å². The van der Waals surface area contributed by atoms with Crippen LogP contribution in [-0.2, 0) is 28.8 Å². The average molecular weight is 633 g/mol. The third-order valence-electron chi connectivity index (χ3n) is 8.15. The molecule has 0 aromatic heterocycles. The van der Waals surface area contributed by atoms with Gasteiger partial charge in [0.05, 0.1) is 32.8 Å². The van der Waals surface area contributed by atoms with Crippen molar-refractivity contribution < 1.29 is 49.3 Å². The molecule has 2 aromatic rings. The highest BCUT2D eigenvalue weighted by Gasteiger charge is 2.44. The Morgan fingerprint density at radius 3 is 1.23 bits per heavy atom. The molecule has 0 radical (unpaired) electrons. The fourth-order valence-electron chi connectivity index (χ4n) is 5.83. The van der Waals surface area contributed by atoms with E-state index in [2.05, 4.69) is 0 Å². The number of fused-ring (bicyclic) bond motifs is 2. The molecule has 2 heterocycles. The Bertz CT molecular complexity index is 1610. The van der Waals surface area contributed by atoms with Crippen molar-refractivity contribution in [2.24, 2.45) is 0 Å². The maximum atomic E-state index is 13.0. The minimum absolute atomic E-state index is 0.0709. The van der Waals surface area contributed by atoms with E-state index in [1.165, 1.54) is 36.4 Å². The number of amides is 4. The van der Waals surface area contributed by atoms with Gasteiger partial charge in [0.15, 0.2) is 0 Å². The number of hydrogen-bond donors (Lipinski definition) is 0. The van der Waals surface area contributed by atoms with E-state index in [4.69, 9.17) is 13.3 Å². The average Bonchev–Trinajstić information content (AvgIpc) is 3.37. The van der Waals surface area contributed by atoms with Crippen molar-refractivity contribution in [3.8, 4) is 11.5 Å². The number of rotatable bonds is 8. The van der Waals surface area contributed by atoms with Crippen molar-refractivity contribution in [2.75, 3.05) is 0 Å². The maximum absolute atomic E-state index is 13.0. The second-order valence-corrected chi connectivity index (χ2v) is 14.6. The van der Waals surface area contributed by atoms with E-state index in [0.717, 1.165) is 12.8 Å². The molecule has 2 aliphatic heterocycles. The van der Waals surface area contributed by atoms with Gasteiger partial charge in [0, 0.05) is 0 Å². The summed E-state index contributed by atoms with van der Waals surface area (Å²) >= 11 is 0. The Morgan fingerprint density at radius 2 is 0.860 bits per heavy atom. The first kappa shape index (κ1) is 29.4. The molecule has 4 amide bonds. The Morgan fingerprint density at radius 1 is 0.512 bits per heavy atom. The molecule has 0 atom stereocenters. The van der Waals surface area contributed by atoms with Crippen LogP contribution in [0.25, 0.3) is 0 Å². The lowest BCUT2D eigenvalue weighted by Crippen LogP contribution is -2.37. The zero-order valence-electron chi connectivity index (χ0n) is 22.9. The lowest BCUT2D eigenvalue weighted by molar-refractivity contribution is -0.0117. The third kappa shape index (κ3) is 5.46. The smallest absolute Gasteiger partial charge is 0.291 e. The Hall–Kier alpha value is -3.66. The number of nitrogens with zero attached hydrogens (tertiary/aromatic N) is 2. The minimum atomic E-state index is -4.21. The number of carbonyl (C=O) groups is 4. The minimum Gasteiger partial charge on any atom is -0.457 e. The van der Waals surface area contributed by atoms with Crippen molar-refractivity contribution in [3.05, 3.63) is 58.7 Å². The standard InChI is InChI=1S/C28H28N2O11S2/c31-25-21-13-11-17(15-23(21)27(33)29(25)40-42(35,36)19-7-3-1-4-8-19)39-18-12-14-22-24(16-18)28(34)30(26(22)32)41-43(37,38)20-9-5-2-6-10-20/h11-16,19-20H,1-10H2. The van der Waals surface area contributed by atoms with Crippen LogP contribution < -0.4 is 4.74 Å². The molecule has 13 nitrogen and oxygen atoms in total. The van der Waals surface area contributed by atoms with Gasteiger partial charge in [-0.05, 0) is 62.1 Å². The predicted molar refractivity (Wildman–Crippen MR) is 148 cm³/mol. The molecule has 4 aliphatic rings. The number of benzene rings is 2. The molecular formula is C28H28N2O11S2. The molecule has 228 valence electrons. The van der Waals surface area contributed by atoms with Crippen LogP contribution in [0.1, 0.15) is 106 Å². The van der Waals surface area contributed by atoms with Gasteiger partial charge >= 0.3 is 0 Å². The van der Waals surface area contributed by atoms with Crippen LogP contribution in [0, 0.1) is 0 Å². The summed E-state index contributed by atoms with van der Waals surface area (Å²) in [7, 11) is -8.41. The van der Waals surface area contributed by atoms with Gasteiger partial charge in [-0.25, -0.2) is 0 Å². The van der Waals surface area contributed by atoms with Crippen LogP contribution in [0.15, 0.2) is 36.4 Å². The van der Waals surface area contributed by atoms with Gasteiger partial charge in [-0.3, -0.25) is 19.2 Å². The first-order chi connectivity index (χ1) is 20.5. The number of ether oxygens (including phenoxy) is 1. The SMILES string of the molecule is O=C1c2ccc(Oc3ccc4c(c3)C(=O)N(OS(=O)(=O)C3CCCCC3)C4=O)cc2C(=O)N1OS(=O)(=O)C1CCCCC1. The number of hydrogen-bond acceptors (Lipinski definition) is 11. The fourth-order valence-corrected chi connectivity index (χ4v) is 8.58. The summed E-state index contributed by atoms with van der Waals surface area (Å²) in [6, 6.07) is 7.78. The number of hydroxylamine groups is 4. The van der Waals surface area contributed by atoms with Crippen molar-refractivity contribution in [1.82, 2.24) is 10.1 Å². The maximum Gasteiger partial charge on any atom is 0.291 e. The lowest BCUT2D eigenvalue weighted by atomic mass is 10.0. The molecule has 15 heteroatoms. The topological polar surface area (TPSA) is 171 Å². The second kappa shape index (κ2) is 11.1. The van der Waals surface area contributed by atoms with Crippen LogP contribution in [0.2, 0.25) is 0 Å². The predicted octanol–water partition coefficient (Wildman–Crippen LogP) is 3.86. The zero-order valence-corrected chi connectivity index (χ0v) is 24.5.